The Hall–Kier alpha value is -1.68. The third kappa shape index (κ3) is 11.9. The Balaban J connectivity index is 2.05. The van der Waals surface area contributed by atoms with Gasteiger partial charge in [-0.3, -0.25) is 14.9 Å². The van der Waals surface area contributed by atoms with Crippen molar-refractivity contribution < 1.29 is 14.7 Å². The Bertz CT molecular complexity index is 530. The highest BCUT2D eigenvalue weighted by Gasteiger charge is 2.17. The van der Waals surface area contributed by atoms with Crippen LogP contribution in [0.25, 0.3) is 0 Å². The van der Waals surface area contributed by atoms with Crippen LogP contribution in [0.4, 0.5) is 0 Å². The molecule has 4 nitrogen and oxygen atoms in total. The van der Waals surface area contributed by atoms with Gasteiger partial charge in [0.2, 0.25) is 0 Å². The number of unbranched alkanes of at least 4 members (excludes halogenated alkanes) is 11. The van der Waals surface area contributed by atoms with E-state index < -0.39 is 12.0 Å². The first kappa shape index (κ1) is 24.4. The Kier molecular flexibility index (Phi) is 14.2. The molecule has 0 aromatic heterocycles. The largest absolute Gasteiger partial charge is 0.480 e. The van der Waals surface area contributed by atoms with Crippen molar-refractivity contribution in [3.05, 3.63) is 35.9 Å². The van der Waals surface area contributed by atoms with Gasteiger partial charge in [-0.2, -0.15) is 0 Å². The van der Waals surface area contributed by atoms with E-state index in [1.165, 1.54) is 64.2 Å². The fourth-order valence-corrected chi connectivity index (χ4v) is 3.44. The van der Waals surface area contributed by atoms with Crippen LogP contribution in [0.5, 0.6) is 0 Å². The molecule has 0 fully saturated rings. The zero-order valence-electron chi connectivity index (χ0n) is 17.6. The second kappa shape index (κ2) is 16.3. The van der Waals surface area contributed by atoms with Gasteiger partial charge in [0, 0.05) is 5.56 Å². The van der Waals surface area contributed by atoms with Gasteiger partial charge in [-0.05, 0) is 6.42 Å². The molecule has 0 heterocycles. The van der Waals surface area contributed by atoms with Gasteiger partial charge in [-0.15, -0.1) is 0 Å². The third-order valence-electron chi connectivity index (χ3n) is 5.25. The summed E-state index contributed by atoms with van der Waals surface area (Å²) in [7, 11) is 0. The van der Waals surface area contributed by atoms with Crippen LogP contribution in [0.2, 0.25) is 0 Å². The molecule has 0 radical (unpaired) electrons. The van der Waals surface area contributed by atoms with Crippen LogP contribution in [0, 0.1) is 0 Å². The minimum absolute atomic E-state index is 0.0680. The molecule has 0 bridgehead atoms. The summed E-state index contributed by atoms with van der Waals surface area (Å²) in [6, 6.07) is 8.35. The third-order valence-corrected chi connectivity index (χ3v) is 5.25. The van der Waals surface area contributed by atoms with Crippen LogP contribution in [-0.2, 0) is 4.79 Å². The molecule has 0 spiro atoms. The Labute approximate surface area is 171 Å². The van der Waals surface area contributed by atoms with Crippen LogP contribution in [0.15, 0.2) is 30.3 Å². The van der Waals surface area contributed by atoms with Crippen molar-refractivity contribution in [2.45, 2.75) is 96.4 Å². The van der Waals surface area contributed by atoms with Crippen LogP contribution in [0.3, 0.4) is 0 Å². The van der Waals surface area contributed by atoms with Gasteiger partial charge in [0.05, 0.1) is 6.54 Å². The Morgan fingerprint density at radius 3 is 1.82 bits per heavy atom. The summed E-state index contributed by atoms with van der Waals surface area (Å²) in [5.74, 6) is -0.939. The summed E-state index contributed by atoms with van der Waals surface area (Å²) in [5, 5.41) is 12.3. The zero-order chi connectivity index (χ0) is 20.5. The van der Waals surface area contributed by atoms with Crippen LogP contribution < -0.4 is 5.32 Å². The topological polar surface area (TPSA) is 66.4 Å². The van der Waals surface area contributed by atoms with Crippen molar-refractivity contribution >= 4 is 11.8 Å². The zero-order valence-corrected chi connectivity index (χ0v) is 17.6. The van der Waals surface area contributed by atoms with E-state index in [1.54, 1.807) is 12.1 Å². The number of carboxylic acid groups (broad SMARTS) is 1. The second-order valence-electron chi connectivity index (χ2n) is 7.74. The van der Waals surface area contributed by atoms with E-state index in [-0.39, 0.29) is 12.3 Å². The van der Waals surface area contributed by atoms with E-state index in [2.05, 4.69) is 12.2 Å². The quantitative estimate of drug-likeness (QED) is 0.238. The lowest BCUT2D eigenvalue weighted by Gasteiger charge is -2.14. The van der Waals surface area contributed by atoms with Crippen molar-refractivity contribution in [1.82, 2.24) is 5.32 Å². The smallest absolute Gasteiger partial charge is 0.320 e. The van der Waals surface area contributed by atoms with Gasteiger partial charge in [0.25, 0.3) is 0 Å². The van der Waals surface area contributed by atoms with Crippen LogP contribution >= 0.6 is 0 Å². The second-order valence-corrected chi connectivity index (χ2v) is 7.74. The maximum absolute atomic E-state index is 12.1. The summed E-state index contributed by atoms with van der Waals surface area (Å²) in [6.07, 6.45) is 15.7. The minimum atomic E-state index is -0.871. The molecule has 0 aliphatic heterocycles. The highest BCUT2D eigenvalue weighted by molar-refractivity contribution is 5.97. The van der Waals surface area contributed by atoms with Gasteiger partial charge in [-0.1, -0.05) is 114 Å². The average Bonchev–Trinajstić information content (AvgIpc) is 2.71. The molecular formula is C24H39NO3. The van der Waals surface area contributed by atoms with Crippen molar-refractivity contribution in [3.63, 3.8) is 0 Å². The summed E-state index contributed by atoms with van der Waals surface area (Å²) < 4.78 is 0. The maximum atomic E-state index is 12.1. The molecule has 2 N–H and O–H groups in total. The van der Waals surface area contributed by atoms with E-state index in [9.17, 15) is 14.7 Å². The highest BCUT2D eigenvalue weighted by Crippen LogP contribution is 2.13. The summed E-state index contributed by atoms with van der Waals surface area (Å²) in [4.78, 5) is 23.5. The number of aliphatic carboxylic acids is 1. The number of carbonyl (C=O) groups excluding carboxylic acids is 1. The molecule has 0 aliphatic carbocycles. The molecule has 0 aliphatic rings. The number of hydrogen-bond acceptors (Lipinski definition) is 3. The molecule has 0 saturated heterocycles. The van der Waals surface area contributed by atoms with Crippen molar-refractivity contribution in [1.29, 1.82) is 0 Å². The maximum Gasteiger partial charge on any atom is 0.320 e. The SMILES string of the molecule is CCCCCCCCCCCCCC[C@@H](NCC(=O)c1ccccc1)C(=O)O. The van der Waals surface area contributed by atoms with Crippen molar-refractivity contribution in [2.24, 2.45) is 0 Å². The van der Waals surface area contributed by atoms with Crippen molar-refractivity contribution in [2.75, 3.05) is 6.54 Å². The minimum Gasteiger partial charge on any atom is -0.480 e. The molecule has 1 rings (SSSR count). The lowest BCUT2D eigenvalue weighted by Crippen LogP contribution is -2.39. The number of carboxylic acids is 1. The molecule has 0 amide bonds. The van der Waals surface area contributed by atoms with E-state index >= 15 is 0 Å². The van der Waals surface area contributed by atoms with Crippen LogP contribution in [0.1, 0.15) is 101 Å². The number of ketones is 1. The van der Waals surface area contributed by atoms with E-state index in [0.29, 0.717) is 12.0 Å². The standard InChI is InChI=1S/C24H39NO3/c1-2-3-4-5-6-7-8-9-10-11-12-16-19-22(24(27)28)25-20-23(26)21-17-14-13-15-18-21/h13-15,17-18,22,25H,2-12,16,19-20H2,1H3,(H,27,28)/t22-/m1/s1. The van der Waals surface area contributed by atoms with Crippen LogP contribution in [-0.4, -0.2) is 29.4 Å². The number of carbonyl (C=O) groups is 2. The number of Topliss-reactive ketones (excluding diaryl/α,β-unsaturated/α-hetero) is 1. The van der Waals surface area contributed by atoms with Gasteiger partial charge >= 0.3 is 5.97 Å². The molecule has 158 valence electrons. The van der Waals surface area contributed by atoms with Gasteiger partial charge in [0.1, 0.15) is 6.04 Å². The van der Waals surface area contributed by atoms with E-state index in [1.807, 2.05) is 18.2 Å². The number of benzene rings is 1. The fourth-order valence-electron chi connectivity index (χ4n) is 3.44. The molecule has 1 atom stereocenters. The lowest BCUT2D eigenvalue weighted by atomic mass is 10.0. The van der Waals surface area contributed by atoms with Gasteiger partial charge < -0.3 is 5.11 Å². The number of nitrogens with one attached hydrogen (secondary N) is 1. The molecule has 0 saturated carbocycles. The first-order valence-corrected chi connectivity index (χ1v) is 11.2. The molecule has 28 heavy (non-hydrogen) atoms. The van der Waals surface area contributed by atoms with Crippen molar-refractivity contribution in [3.8, 4) is 0 Å². The lowest BCUT2D eigenvalue weighted by molar-refractivity contribution is -0.139. The Morgan fingerprint density at radius 2 is 1.32 bits per heavy atom. The molecule has 1 aromatic carbocycles. The molecule has 4 heteroatoms. The number of hydrogen-bond donors (Lipinski definition) is 2. The Morgan fingerprint density at radius 1 is 0.821 bits per heavy atom. The fraction of sp³-hybridized carbons (Fsp3) is 0.667. The van der Waals surface area contributed by atoms with Gasteiger partial charge in [-0.25, -0.2) is 0 Å². The highest BCUT2D eigenvalue weighted by atomic mass is 16.4. The predicted octanol–water partition coefficient (Wildman–Crippen LogP) is 6.00. The molecule has 0 unspecified atom stereocenters. The average molecular weight is 390 g/mol. The van der Waals surface area contributed by atoms with E-state index in [4.69, 9.17) is 0 Å². The summed E-state index contributed by atoms with van der Waals surface area (Å²) in [5.41, 5.74) is 0.615. The van der Waals surface area contributed by atoms with E-state index in [0.717, 1.165) is 12.8 Å². The molecule has 1 aromatic rings. The first-order valence-electron chi connectivity index (χ1n) is 11.2. The van der Waals surface area contributed by atoms with Gasteiger partial charge in [0.15, 0.2) is 5.78 Å². The summed E-state index contributed by atoms with van der Waals surface area (Å²) in [6.45, 7) is 2.32. The monoisotopic (exact) mass is 389 g/mol. The number of rotatable bonds is 18. The summed E-state index contributed by atoms with van der Waals surface area (Å²) >= 11 is 0. The predicted molar refractivity (Wildman–Crippen MR) is 116 cm³/mol. The molecular weight excluding hydrogens is 350 g/mol. The normalized spacial score (nSPS) is 12.0. The first-order chi connectivity index (χ1) is 13.6.